The monoisotopic (exact) mass is 168 g/mol. The maximum atomic E-state index is 8.59. The summed E-state index contributed by atoms with van der Waals surface area (Å²) in [5.74, 6) is 0.401. The van der Waals surface area contributed by atoms with Crippen LogP contribution in [0.2, 0.25) is 0 Å². The van der Waals surface area contributed by atoms with Gasteiger partial charge >= 0.3 is 0 Å². The molecule has 2 nitrogen and oxygen atoms in total. The van der Waals surface area contributed by atoms with Gasteiger partial charge in [0.1, 0.15) is 6.10 Å². The Morgan fingerprint density at radius 2 is 2.42 bits per heavy atom. The quantitative estimate of drug-likeness (QED) is 0.507. The van der Waals surface area contributed by atoms with Crippen molar-refractivity contribution in [2.75, 3.05) is 0 Å². The van der Waals surface area contributed by atoms with Crippen molar-refractivity contribution in [3.05, 3.63) is 23.8 Å². The Kier molecular flexibility index (Phi) is 3.06. The molecule has 1 rings (SSSR count). The van der Waals surface area contributed by atoms with E-state index in [0.29, 0.717) is 5.92 Å². The molecule has 0 spiro atoms. The van der Waals surface area contributed by atoms with Crippen molar-refractivity contribution in [1.82, 2.24) is 0 Å². The summed E-state index contributed by atoms with van der Waals surface area (Å²) in [6.07, 6.45) is 3.93. The average Bonchev–Trinajstić information content (AvgIpc) is 2.05. The Labute approximate surface area is 73.5 Å². The predicted octanol–water partition coefficient (Wildman–Crippen LogP) is 2.78. The Morgan fingerprint density at radius 3 is 2.92 bits per heavy atom. The van der Waals surface area contributed by atoms with Crippen LogP contribution in [0.15, 0.2) is 23.8 Å². The van der Waals surface area contributed by atoms with Gasteiger partial charge in [0.15, 0.2) is 0 Å². The van der Waals surface area contributed by atoms with Gasteiger partial charge in [0.05, 0.1) is 0 Å². The second-order valence-corrected chi connectivity index (χ2v) is 3.56. The second-order valence-electron chi connectivity index (χ2n) is 3.56. The van der Waals surface area contributed by atoms with Gasteiger partial charge in [-0.15, -0.1) is 0 Å². The highest BCUT2D eigenvalue weighted by Crippen LogP contribution is 2.28. The zero-order valence-corrected chi connectivity index (χ0v) is 7.71. The zero-order valence-electron chi connectivity index (χ0n) is 7.71. The van der Waals surface area contributed by atoms with E-state index in [1.54, 1.807) is 0 Å². The molecule has 0 aromatic rings. The summed E-state index contributed by atoms with van der Waals surface area (Å²) >= 11 is 0. The molecule has 2 atom stereocenters. The normalized spacial score (nSPS) is 29.8. The van der Waals surface area contributed by atoms with E-state index >= 15 is 0 Å². The molecule has 2 unspecified atom stereocenters. The fraction of sp³-hybridized carbons (Fsp3) is 0.600. The van der Waals surface area contributed by atoms with Crippen molar-refractivity contribution in [1.29, 1.82) is 0 Å². The molecule has 68 valence electrons. The second kappa shape index (κ2) is 3.87. The summed E-state index contributed by atoms with van der Waals surface area (Å²) < 4.78 is 0. The molecule has 0 radical (unpaired) electrons. The van der Waals surface area contributed by atoms with Gasteiger partial charge in [0.25, 0.3) is 0 Å². The van der Waals surface area contributed by atoms with Gasteiger partial charge in [-0.1, -0.05) is 19.1 Å². The molecule has 12 heavy (non-hydrogen) atoms. The van der Waals surface area contributed by atoms with E-state index in [2.05, 4.69) is 18.4 Å². The molecule has 0 fully saturated rings. The van der Waals surface area contributed by atoms with E-state index in [1.807, 2.05) is 13.0 Å². The molecule has 1 aliphatic carbocycles. The van der Waals surface area contributed by atoms with Crippen molar-refractivity contribution in [2.45, 2.75) is 32.8 Å². The first kappa shape index (κ1) is 9.49. The highest BCUT2D eigenvalue weighted by Gasteiger charge is 2.21. The smallest absolute Gasteiger partial charge is 0.114 e. The van der Waals surface area contributed by atoms with Crippen molar-refractivity contribution in [2.24, 2.45) is 5.92 Å². The first-order valence-electron chi connectivity index (χ1n) is 4.32. The Hall–Kier alpha value is -0.600. The molecule has 0 bridgehead atoms. The summed E-state index contributed by atoms with van der Waals surface area (Å²) in [7, 11) is 0. The van der Waals surface area contributed by atoms with Gasteiger partial charge in [-0.3, -0.25) is 5.26 Å². The molecule has 0 aromatic carbocycles. The van der Waals surface area contributed by atoms with Gasteiger partial charge in [-0.05, 0) is 37.3 Å². The fourth-order valence-corrected chi connectivity index (χ4v) is 1.48. The molecular formula is C10H16O2. The zero-order chi connectivity index (χ0) is 9.14. The van der Waals surface area contributed by atoms with Crippen LogP contribution < -0.4 is 0 Å². The Morgan fingerprint density at radius 1 is 1.75 bits per heavy atom. The minimum Gasteiger partial charge on any atom is -0.251 e. The summed E-state index contributed by atoms with van der Waals surface area (Å²) in [6.45, 7) is 7.93. The van der Waals surface area contributed by atoms with Crippen molar-refractivity contribution in [3.63, 3.8) is 0 Å². The third kappa shape index (κ3) is 1.96. The third-order valence-corrected chi connectivity index (χ3v) is 2.47. The minimum atomic E-state index is -0.148. The SMILES string of the molecule is C=C(C)C1=CC(OO)C(C)CC1. The van der Waals surface area contributed by atoms with Gasteiger partial charge in [-0.2, -0.15) is 0 Å². The van der Waals surface area contributed by atoms with E-state index in [-0.39, 0.29) is 6.10 Å². The lowest BCUT2D eigenvalue weighted by atomic mass is 9.86. The number of hydrogen-bond acceptors (Lipinski definition) is 2. The fourth-order valence-electron chi connectivity index (χ4n) is 1.48. The molecule has 1 aliphatic rings. The molecular weight excluding hydrogens is 152 g/mol. The van der Waals surface area contributed by atoms with Crippen LogP contribution in [0.3, 0.4) is 0 Å². The van der Waals surface area contributed by atoms with E-state index in [4.69, 9.17) is 5.26 Å². The van der Waals surface area contributed by atoms with Crippen molar-refractivity contribution in [3.8, 4) is 0 Å². The average molecular weight is 168 g/mol. The summed E-state index contributed by atoms with van der Waals surface area (Å²) in [4.78, 5) is 4.37. The van der Waals surface area contributed by atoms with Gasteiger partial charge in [0, 0.05) is 0 Å². The van der Waals surface area contributed by atoms with Crippen LogP contribution >= 0.6 is 0 Å². The topological polar surface area (TPSA) is 29.5 Å². The van der Waals surface area contributed by atoms with E-state index in [1.165, 1.54) is 5.57 Å². The molecule has 0 aliphatic heterocycles. The first-order valence-corrected chi connectivity index (χ1v) is 4.32. The number of allylic oxidation sites excluding steroid dienone is 2. The molecule has 0 saturated heterocycles. The highest BCUT2D eigenvalue weighted by atomic mass is 17.1. The summed E-state index contributed by atoms with van der Waals surface area (Å²) in [5, 5.41) is 8.59. The molecule has 2 heteroatoms. The maximum absolute atomic E-state index is 8.59. The Balaban J connectivity index is 2.73. The van der Waals surface area contributed by atoms with Crippen molar-refractivity contribution < 1.29 is 10.1 Å². The van der Waals surface area contributed by atoms with Gasteiger partial charge < -0.3 is 0 Å². The molecule has 0 aromatic heterocycles. The Bertz CT molecular complexity index is 206. The van der Waals surface area contributed by atoms with E-state index in [0.717, 1.165) is 18.4 Å². The largest absolute Gasteiger partial charge is 0.251 e. The molecule has 0 heterocycles. The maximum Gasteiger partial charge on any atom is 0.114 e. The van der Waals surface area contributed by atoms with E-state index < -0.39 is 0 Å². The number of hydrogen-bond donors (Lipinski definition) is 1. The number of rotatable bonds is 2. The summed E-state index contributed by atoms with van der Waals surface area (Å²) in [6, 6.07) is 0. The van der Waals surface area contributed by atoms with Crippen LogP contribution in [0, 0.1) is 5.92 Å². The van der Waals surface area contributed by atoms with Crippen LogP contribution in [0.4, 0.5) is 0 Å². The lowest BCUT2D eigenvalue weighted by Gasteiger charge is -2.25. The molecule has 0 saturated carbocycles. The molecule has 0 amide bonds. The lowest BCUT2D eigenvalue weighted by Crippen LogP contribution is -2.22. The van der Waals surface area contributed by atoms with Crippen LogP contribution in [0.25, 0.3) is 0 Å². The minimum absolute atomic E-state index is 0.148. The van der Waals surface area contributed by atoms with Gasteiger partial charge in [0.2, 0.25) is 0 Å². The van der Waals surface area contributed by atoms with Crippen LogP contribution in [-0.4, -0.2) is 11.4 Å². The molecule has 1 N–H and O–H groups in total. The highest BCUT2D eigenvalue weighted by molar-refractivity contribution is 5.29. The first-order chi connectivity index (χ1) is 5.65. The van der Waals surface area contributed by atoms with Crippen molar-refractivity contribution >= 4 is 0 Å². The third-order valence-electron chi connectivity index (χ3n) is 2.47. The summed E-state index contributed by atoms with van der Waals surface area (Å²) in [5.41, 5.74) is 2.29. The standard InChI is InChI=1S/C10H16O2/c1-7(2)9-5-4-8(3)10(6-9)12-11/h6,8,10-11H,1,4-5H2,2-3H3. The lowest BCUT2D eigenvalue weighted by molar-refractivity contribution is -0.277. The van der Waals surface area contributed by atoms with Crippen LogP contribution in [-0.2, 0) is 4.89 Å². The van der Waals surface area contributed by atoms with Gasteiger partial charge in [-0.25, -0.2) is 4.89 Å². The van der Waals surface area contributed by atoms with Crippen LogP contribution in [0.1, 0.15) is 26.7 Å². The van der Waals surface area contributed by atoms with Crippen LogP contribution in [0.5, 0.6) is 0 Å². The van der Waals surface area contributed by atoms with E-state index in [9.17, 15) is 0 Å². The predicted molar refractivity (Wildman–Crippen MR) is 48.8 cm³/mol.